The van der Waals surface area contributed by atoms with E-state index in [1.807, 2.05) is 31.2 Å². The number of benzene rings is 2. The van der Waals surface area contributed by atoms with Crippen LogP contribution in [0.3, 0.4) is 0 Å². The minimum Gasteiger partial charge on any atom is -0.508 e. The fourth-order valence-electron chi connectivity index (χ4n) is 2.80. The first kappa shape index (κ1) is 19.0. The second-order valence-corrected chi connectivity index (χ2v) is 7.25. The highest BCUT2D eigenvalue weighted by atomic mass is 79.9. The van der Waals surface area contributed by atoms with E-state index in [0.717, 1.165) is 15.6 Å². The number of phenols is 1. The highest BCUT2D eigenvalue weighted by Crippen LogP contribution is 2.30. The first-order valence-corrected chi connectivity index (χ1v) is 9.13. The zero-order chi connectivity index (χ0) is 19.6. The zero-order valence-corrected chi connectivity index (χ0v) is 16.4. The predicted octanol–water partition coefficient (Wildman–Crippen LogP) is 4.83. The quantitative estimate of drug-likeness (QED) is 0.625. The Bertz CT molecular complexity index is 970. The average Bonchev–Trinajstić information content (AvgIpc) is 2.62. The summed E-state index contributed by atoms with van der Waals surface area (Å²) in [4.78, 5) is 17.0. The predicted molar refractivity (Wildman–Crippen MR) is 105 cm³/mol. The van der Waals surface area contributed by atoms with Crippen molar-refractivity contribution >= 4 is 21.8 Å². The van der Waals surface area contributed by atoms with Crippen molar-refractivity contribution < 1.29 is 14.3 Å². The molecule has 1 aromatic heterocycles. The maximum absolute atomic E-state index is 13.8. The molecule has 0 bridgehead atoms. The highest BCUT2D eigenvalue weighted by molar-refractivity contribution is 9.10. The molecule has 6 heteroatoms. The molecule has 2 N–H and O–H groups in total. The van der Waals surface area contributed by atoms with Gasteiger partial charge in [-0.3, -0.25) is 4.79 Å². The van der Waals surface area contributed by atoms with Gasteiger partial charge in [-0.25, -0.2) is 9.37 Å². The van der Waals surface area contributed by atoms with Gasteiger partial charge >= 0.3 is 0 Å². The van der Waals surface area contributed by atoms with Crippen LogP contribution in [0.1, 0.15) is 38.9 Å². The number of aromatic hydroxyl groups is 1. The van der Waals surface area contributed by atoms with Gasteiger partial charge < -0.3 is 10.4 Å². The fourth-order valence-corrected chi connectivity index (χ4v) is 3.35. The van der Waals surface area contributed by atoms with E-state index < -0.39 is 17.8 Å². The molecule has 4 nitrogen and oxygen atoms in total. The van der Waals surface area contributed by atoms with Gasteiger partial charge in [0.1, 0.15) is 17.3 Å². The Balaban J connectivity index is 2.03. The Hall–Kier alpha value is -2.73. The van der Waals surface area contributed by atoms with Crippen molar-refractivity contribution in [2.75, 3.05) is 0 Å². The first-order chi connectivity index (χ1) is 12.8. The molecule has 1 unspecified atom stereocenters. The lowest BCUT2D eigenvalue weighted by Gasteiger charge is -2.21. The number of aromatic nitrogens is 1. The fraction of sp³-hybridized carbons (Fsp3) is 0.143. The maximum atomic E-state index is 13.8. The number of hydrogen-bond acceptors (Lipinski definition) is 3. The van der Waals surface area contributed by atoms with Crippen molar-refractivity contribution in [2.24, 2.45) is 0 Å². The van der Waals surface area contributed by atoms with Gasteiger partial charge in [0.05, 0.1) is 6.04 Å². The standard InChI is InChI=1S/C21H18BrFN2O2/c1-12-3-5-14(6-4-12)20(17-11-16(23)7-8-19(17)26)25-21(27)18-10-15(22)9-13(2)24-18/h3-11,20,26H,1-2H3,(H,25,27). The topological polar surface area (TPSA) is 62.2 Å². The van der Waals surface area contributed by atoms with Crippen LogP contribution in [0.5, 0.6) is 5.75 Å². The van der Waals surface area contributed by atoms with Gasteiger partial charge in [0.2, 0.25) is 0 Å². The van der Waals surface area contributed by atoms with Gasteiger partial charge in [-0.05, 0) is 49.7 Å². The molecule has 0 saturated carbocycles. The number of carbonyl (C=O) groups excluding carboxylic acids is 1. The summed E-state index contributed by atoms with van der Waals surface area (Å²) < 4.78 is 14.5. The molecule has 3 rings (SSSR count). The van der Waals surface area contributed by atoms with Crippen LogP contribution in [0.15, 0.2) is 59.1 Å². The summed E-state index contributed by atoms with van der Waals surface area (Å²) in [5.74, 6) is -1.01. The lowest BCUT2D eigenvalue weighted by molar-refractivity contribution is 0.0937. The zero-order valence-electron chi connectivity index (χ0n) is 14.8. The molecule has 1 amide bonds. The number of aryl methyl sites for hydroxylation is 2. The van der Waals surface area contributed by atoms with Crippen molar-refractivity contribution in [3.05, 3.63) is 93.0 Å². The van der Waals surface area contributed by atoms with Gasteiger partial charge in [0.15, 0.2) is 0 Å². The molecule has 0 aliphatic rings. The third kappa shape index (κ3) is 4.52. The van der Waals surface area contributed by atoms with E-state index in [-0.39, 0.29) is 17.0 Å². The van der Waals surface area contributed by atoms with Gasteiger partial charge in [0, 0.05) is 15.7 Å². The number of nitrogens with zero attached hydrogens (tertiary/aromatic N) is 1. The molecule has 1 atom stereocenters. The SMILES string of the molecule is Cc1ccc(C(NC(=O)c2cc(Br)cc(C)n2)c2cc(F)ccc2O)cc1. The van der Waals surface area contributed by atoms with Crippen LogP contribution in [0, 0.1) is 19.7 Å². The summed E-state index contributed by atoms with van der Waals surface area (Å²) in [5.41, 5.74) is 2.97. The molecule has 138 valence electrons. The molecule has 3 aromatic rings. The summed E-state index contributed by atoms with van der Waals surface area (Å²) >= 11 is 3.36. The van der Waals surface area contributed by atoms with Gasteiger partial charge in [-0.15, -0.1) is 0 Å². The Labute approximate surface area is 165 Å². The van der Waals surface area contributed by atoms with E-state index in [0.29, 0.717) is 5.69 Å². The van der Waals surface area contributed by atoms with E-state index >= 15 is 0 Å². The average molecular weight is 429 g/mol. The molecule has 2 aromatic carbocycles. The first-order valence-electron chi connectivity index (χ1n) is 8.33. The van der Waals surface area contributed by atoms with Crippen LogP contribution in [0.4, 0.5) is 4.39 Å². The number of pyridine rings is 1. The number of amides is 1. The number of nitrogens with one attached hydrogen (secondary N) is 1. The Morgan fingerprint density at radius 1 is 1.11 bits per heavy atom. The minimum atomic E-state index is -0.727. The van der Waals surface area contributed by atoms with Crippen molar-refractivity contribution in [1.82, 2.24) is 10.3 Å². The summed E-state index contributed by atoms with van der Waals surface area (Å²) in [6.07, 6.45) is 0. The number of hydrogen-bond donors (Lipinski definition) is 2. The molecule has 27 heavy (non-hydrogen) atoms. The van der Waals surface area contributed by atoms with Crippen LogP contribution in [0.25, 0.3) is 0 Å². The minimum absolute atomic E-state index is 0.0966. The largest absolute Gasteiger partial charge is 0.508 e. The number of phenolic OH excluding ortho intramolecular Hbond substituents is 1. The van der Waals surface area contributed by atoms with Crippen LogP contribution in [0.2, 0.25) is 0 Å². The monoisotopic (exact) mass is 428 g/mol. The molecule has 0 aliphatic heterocycles. The molecule has 0 fully saturated rings. The van der Waals surface area contributed by atoms with E-state index in [1.54, 1.807) is 19.1 Å². The molecular weight excluding hydrogens is 411 g/mol. The Kier molecular flexibility index (Phi) is 5.56. The highest BCUT2D eigenvalue weighted by Gasteiger charge is 2.22. The van der Waals surface area contributed by atoms with E-state index in [4.69, 9.17) is 0 Å². The van der Waals surface area contributed by atoms with Gasteiger partial charge in [-0.2, -0.15) is 0 Å². The van der Waals surface area contributed by atoms with E-state index in [9.17, 15) is 14.3 Å². The summed E-state index contributed by atoms with van der Waals surface area (Å²) in [5, 5.41) is 13.1. The summed E-state index contributed by atoms with van der Waals surface area (Å²) in [7, 11) is 0. The number of carbonyl (C=O) groups is 1. The van der Waals surface area contributed by atoms with Crippen molar-refractivity contribution in [3.8, 4) is 5.75 Å². The molecular formula is C21H18BrFN2O2. The van der Waals surface area contributed by atoms with Crippen molar-refractivity contribution in [2.45, 2.75) is 19.9 Å². The van der Waals surface area contributed by atoms with Crippen LogP contribution >= 0.6 is 15.9 Å². The lowest BCUT2D eigenvalue weighted by Crippen LogP contribution is -2.30. The maximum Gasteiger partial charge on any atom is 0.270 e. The second kappa shape index (κ2) is 7.88. The van der Waals surface area contributed by atoms with Crippen LogP contribution in [-0.2, 0) is 0 Å². The molecule has 0 radical (unpaired) electrons. The number of rotatable bonds is 4. The van der Waals surface area contributed by atoms with Gasteiger partial charge in [0.25, 0.3) is 5.91 Å². The second-order valence-electron chi connectivity index (χ2n) is 6.33. The Morgan fingerprint density at radius 3 is 2.48 bits per heavy atom. The van der Waals surface area contributed by atoms with Gasteiger partial charge in [-0.1, -0.05) is 45.8 Å². The van der Waals surface area contributed by atoms with Crippen LogP contribution < -0.4 is 5.32 Å². The van der Waals surface area contributed by atoms with Crippen LogP contribution in [-0.4, -0.2) is 16.0 Å². The smallest absolute Gasteiger partial charge is 0.270 e. The number of halogens is 2. The third-order valence-corrected chi connectivity index (χ3v) is 4.60. The molecule has 0 saturated heterocycles. The van der Waals surface area contributed by atoms with E-state index in [2.05, 4.69) is 26.2 Å². The molecule has 1 heterocycles. The normalized spacial score (nSPS) is 11.9. The summed E-state index contributed by atoms with van der Waals surface area (Å²) in [6, 6.07) is 13.8. The van der Waals surface area contributed by atoms with Crippen molar-refractivity contribution in [1.29, 1.82) is 0 Å². The van der Waals surface area contributed by atoms with Crippen molar-refractivity contribution in [3.63, 3.8) is 0 Å². The molecule has 0 spiro atoms. The molecule has 0 aliphatic carbocycles. The summed E-state index contributed by atoms with van der Waals surface area (Å²) in [6.45, 7) is 3.74. The van der Waals surface area contributed by atoms with E-state index in [1.165, 1.54) is 18.2 Å². The Morgan fingerprint density at radius 2 is 1.81 bits per heavy atom. The lowest BCUT2D eigenvalue weighted by atomic mass is 9.96. The third-order valence-electron chi connectivity index (χ3n) is 4.14.